The van der Waals surface area contributed by atoms with E-state index in [4.69, 9.17) is 5.11 Å². The quantitative estimate of drug-likeness (QED) is 0.629. The second kappa shape index (κ2) is 8.59. The first-order valence-corrected chi connectivity index (χ1v) is 8.12. The summed E-state index contributed by atoms with van der Waals surface area (Å²) >= 11 is 0. The molecule has 0 aromatic heterocycles. The molecule has 124 valence electrons. The molecule has 0 saturated heterocycles. The minimum atomic E-state index is -0.0701. The summed E-state index contributed by atoms with van der Waals surface area (Å²) < 4.78 is 0. The van der Waals surface area contributed by atoms with Gasteiger partial charge in [0.05, 0.1) is 0 Å². The van der Waals surface area contributed by atoms with Crippen LogP contribution in [0.5, 0.6) is 0 Å². The van der Waals surface area contributed by atoms with E-state index in [0.717, 1.165) is 38.5 Å². The van der Waals surface area contributed by atoms with E-state index in [1.807, 2.05) is 25.8 Å². The van der Waals surface area contributed by atoms with Gasteiger partial charge >= 0.3 is 6.03 Å². The van der Waals surface area contributed by atoms with Gasteiger partial charge in [0.15, 0.2) is 0 Å². The summed E-state index contributed by atoms with van der Waals surface area (Å²) in [5, 5.41) is 21.3. The minimum absolute atomic E-state index is 0.00995. The SMILES string of the molecule is CN(C(=O)NCCCC(C)(C)CO)C1CCC(CO)CC1. The third kappa shape index (κ3) is 6.22. The molecule has 1 fully saturated rings. The standard InChI is InChI=1S/C16H32N2O3/c1-16(2,12-20)9-4-10-17-15(21)18(3)14-7-5-13(11-19)6-8-14/h13-14,19-20H,4-12H2,1-3H3,(H,17,21). The number of carbonyl (C=O) groups is 1. The highest BCUT2D eigenvalue weighted by atomic mass is 16.3. The van der Waals surface area contributed by atoms with Gasteiger partial charge in [-0.25, -0.2) is 4.79 Å². The molecule has 0 heterocycles. The van der Waals surface area contributed by atoms with Crippen LogP contribution in [0.4, 0.5) is 4.79 Å². The number of hydrogen-bond acceptors (Lipinski definition) is 3. The highest BCUT2D eigenvalue weighted by Gasteiger charge is 2.26. The smallest absolute Gasteiger partial charge is 0.317 e. The second-order valence-corrected chi connectivity index (χ2v) is 7.13. The molecule has 1 rings (SSSR count). The summed E-state index contributed by atoms with van der Waals surface area (Å²) in [5.41, 5.74) is -0.0701. The van der Waals surface area contributed by atoms with Crippen molar-refractivity contribution < 1.29 is 15.0 Å². The number of nitrogens with zero attached hydrogens (tertiary/aromatic N) is 1. The molecule has 1 aliphatic rings. The van der Waals surface area contributed by atoms with E-state index < -0.39 is 0 Å². The van der Waals surface area contributed by atoms with Crippen LogP contribution in [0.15, 0.2) is 0 Å². The van der Waals surface area contributed by atoms with Gasteiger partial charge in [-0.2, -0.15) is 0 Å². The monoisotopic (exact) mass is 300 g/mol. The Morgan fingerprint density at radius 3 is 2.38 bits per heavy atom. The molecule has 5 heteroatoms. The maximum Gasteiger partial charge on any atom is 0.317 e. The normalized spacial score (nSPS) is 22.9. The van der Waals surface area contributed by atoms with Crippen molar-refractivity contribution in [3.63, 3.8) is 0 Å². The van der Waals surface area contributed by atoms with Gasteiger partial charge in [-0.3, -0.25) is 0 Å². The van der Waals surface area contributed by atoms with E-state index in [-0.39, 0.29) is 24.7 Å². The third-order valence-electron chi connectivity index (χ3n) is 4.68. The van der Waals surface area contributed by atoms with Crippen LogP contribution in [0.1, 0.15) is 52.4 Å². The zero-order valence-corrected chi connectivity index (χ0v) is 13.8. The van der Waals surface area contributed by atoms with Gasteiger partial charge in [-0.1, -0.05) is 13.8 Å². The lowest BCUT2D eigenvalue weighted by atomic mass is 9.86. The van der Waals surface area contributed by atoms with E-state index in [1.54, 1.807) is 0 Å². The molecule has 1 saturated carbocycles. The fraction of sp³-hybridized carbons (Fsp3) is 0.938. The summed E-state index contributed by atoms with van der Waals surface area (Å²) in [6.07, 6.45) is 5.74. The Balaban J connectivity index is 2.23. The molecule has 0 spiro atoms. The molecule has 5 nitrogen and oxygen atoms in total. The zero-order chi connectivity index (χ0) is 15.9. The van der Waals surface area contributed by atoms with Crippen LogP contribution in [0.25, 0.3) is 0 Å². The van der Waals surface area contributed by atoms with E-state index >= 15 is 0 Å². The Morgan fingerprint density at radius 1 is 1.24 bits per heavy atom. The number of carbonyl (C=O) groups excluding carboxylic acids is 1. The van der Waals surface area contributed by atoms with Crippen LogP contribution in [0.2, 0.25) is 0 Å². The summed E-state index contributed by atoms with van der Waals surface area (Å²) in [5.74, 6) is 0.415. The first kappa shape index (κ1) is 18.2. The molecular weight excluding hydrogens is 268 g/mol. The second-order valence-electron chi connectivity index (χ2n) is 7.13. The topological polar surface area (TPSA) is 72.8 Å². The Labute approximate surface area is 128 Å². The van der Waals surface area contributed by atoms with Crippen molar-refractivity contribution in [3.05, 3.63) is 0 Å². The number of amides is 2. The molecular formula is C16H32N2O3. The molecule has 0 aromatic carbocycles. The van der Waals surface area contributed by atoms with Crippen molar-refractivity contribution in [2.75, 3.05) is 26.8 Å². The van der Waals surface area contributed by atoms with E-state index in [1.165, 1.54) is 0 Å². The Kier molecular flexibility index (Phi) is 7.46. The Hall–Kier alpha value is -0.810. The number of rotatable bonds is 7. The fourth-order valence-corrected chi connectivity index (χ4v) is 2.85. The lowest BCUT2D eigenvalue weighted by Crippen LogP contribution is -2.45. The lowest BCUT2D eigenvalue weighted by molar-refractivity contribution is 0.132. The summed E-state index contributed by atoms with van der Waals surface area (Å²) in [6.45, 7) is 5.15. The predicted molar refractivity (Wildman–Crippen MR) is 84.1 cm³/mol. The van der Waals surface area contributed by atoms with Crippen molar-refractivity contribution in [1.29, 1.82) is 0 Å². The number of aliphatic hydroxyl groups is 2. The van der Waals surface area contributed by atoms with Gasteiger partial charge in [0, 0.05) is 32.8 Å². The number of hydrogen-bond donors (Lipinski definition) is 3. The molecule has 1 aliphatic carbocycles. The van der Waals surface area contributed by atoms with Crippen molar-refractivity contribution in [2.45, 2.75) is 58.4 Å². The van der Waals surface area contributed by atoms with Gasteiger partial charge < -0.3 is 20.4 Å². The van der Waals surface area contributed by atoms with Gasteiger partial charge in [0.2, 0.25) is 0 Å². The molecule has 0 aliphatic heterocycles. The average molecular weight is 300 g/mol. The van der Waals surface area contributed by atoms with Crippen LogP contribution in [0.3, 0.4) is 0 Å². The van der Waals surface area contributed by atoms with Crippen molar-refractivity contribution in [2.24, 2.45) is 11.3 Å². The minimum Gasteiger partial charge on any atom is -0.396 e. The molecule has 0 aromatic rings. The van der Waals surface area contributed by atoms with Gasteiger partial charge in [0.1, 0.15) is 0 Å². The molecule has 2 amide bonds. The van der Waals surface area contributed by atoms with Crippen LogP contribution in [0, 0.1) is 11.3 Å². The van der Waals surface area contributed by atoms with Crippen molar-refractivity contribution in [3.8, 4) is 0 Å². The fourth-order valence-electron chi connectivity index (χ4n) is 2.85. The first-order valence-electron chi connectivity index (χ1n) is 8.12. The largest absolute Gasteiger partial charge is 0.396 e. The summed E-state index contributed by atoms with van der Waals surface area (Å²) in [7, 11) is 1.86. The first-order chi connectivity index (χ1) is 9.89. The maximum absolute atomic E-state index is 12.1. The average Bonchev–Trinajstić information content (AvgIpc) is 2.50. The van der Waals surface area contributed by atoms with Gasteiger partial charge in [-0.15, -0.1) is 0 Å². The number of nitrogens with one attached hydrogen (secondary N) is 1. The zero-order valence-electron chi connectivity index (χ0n) is 13.8. The summed E-state index contributed by atoms with van der Waals surface area (Å²) in [6, 6.07) is 0.283. The predicted octanol–water partition coefficient (Wildman–Crippen LogP) is 1.98. The Morgan fingerprint density at radius 2 is 1.86 bits per heavy atom. The number of urea groups is 1. The third-order valence-corrected chi connectivity index (χ3v) is 4.68. The molecule has 0 atom stereocenters. The molecule has 21 heavy (non-hydrogen) atoms. The number of aliphatic hydroxyl groups excluding tert-OH is 2. The van der Waals surface area contributed by atoms with Crippen LogP contribution in [-0.4, -0.2) is 54.0 Å². The van der Waals surface area contributed by atoms with E-state index in [0.29, 0.717) is 18.5 Å². The summed E-state index contributed by atoms with van der Waals surface area (Å²) in [4.78, 5) is 13.9. The molecule has 3 N–H and O–H groups in total. The highest BCUT2D eigenvalue weighted by molar-refractivity contribution is 5.74. The molecule has 0 unspecified atom stereocenters. The van der Waals surface area contributed by atoms with Crippen molar-refractivity contribution in [1.82, 2.24) is 10.2 Å². The van der Waals surface area contributed by atoms with Crippen molar-refractivity contribution >= 4 is 6.03 Å². The molecule has 0 bridgehead atoms. The van der Waals surface area contributed by atoms with Gasteiger partial charge in [-0.05, 0) is 49.9 Å². The van der Waals surface area contributed by atoms with Crippen LogP contribution < -0.4 is 5.32 Å². The maximum atomic E-state index is 12.1. The molecule has 0 radical (unpaired) electrons. The van der Waals surface area contributed by atoms with E-state index in [2.05, 4.69) is 5.32 Å². The highest BCUT2D eigenvalue weighted by Crippen LogP contribution is 2.26. The van der Waals surface area contributed by atoms with Crippen LogP contribution in [-0.2, 0) is 0 Å². The van der Waals surface area contributed by atoms with Crippen LogP contribution >= 0.6 is 0 Å². The van der Waals surface area contributed by atoms with Gasteiger partial charge in [0.25, 0.3) is 0 Å². The van der Waals surface area contributed by atoms with E-state index in [9.17, 15) is 9.90 Å². The lowest BCUT2D eigenvalue weighted by Gasteiger charge is -2.34. The Bertz CT molecular complexity index is 313.